The molecule has 0 aromatic heterocycles. The first kappa shape index (κ1) is 10.4. The lowest BCUT2D eigenvalue weighted by Crippen LogP contribution is -2.35. The Balaban J connectivity index is 1.66. The molecule has 82 valence electrons. The molecule has 2 heteroatoms. The summed E-state index contributed by atoms with van der Waals surface area (Å²) in [6, 6.07) is 0.697. The average molecular weight is 197 g/mol. The third-order valence-electron chi connectivity index (χ3n) is 3.55. The highest BCUT2D eigenvalue weighted by atomic mass is 16.5. The van der Waals surface area contributed by atoms with E-state index < -0.39 is 0 Å². The minimum Gasteiger partial charge on any atom is -0.371 e. The molecule has 2 atom stereocenters. The standard InChI is InChI=1S/C12H23NO/c1-9(10-4-5-10)13-8-11-6-7-12(2,3)14-11/h9-11,13H,4-8H2,1-3H3. The van der Waals surface area contributed by atoms with Gasteiger partial charge in [-0.2, -0.15) is 0 Å². The Morgan fingerprint density at radius 1 is 1.36 bits per heavy atom. The van der Waals surface area contributed by atoms with E-state index in [0.717, 1.165) is 12.5 Å². The van der Waals surface area contributed by atoms with Gasteiger partial charge in [-0.05, 0) is 52.4 Å². The van der Waals surface area contributed by atoms with Crippen molar-refractivity contribution in [1.29, 1.82) is 0 Å². The summed E-state index contributed by atoms with van der Waals surface area (Å²) in [5.41, 5.74) is 0.120. The predicted octanol–water partition coefficient (Wildman–Crippen LogP) is 2.33. The maximum atomic E-state index is 5.94. The van der Waals surface area contributed by atoms with Gasteiger partial charge in [0.2, 0.25) is 0 Å². The lowest BCUT2D eigenvalue weighted by atomic mass is 10.1. The normalized spacial score (nSPS) is 33.2. The highest BCUT2D eigenvalue weighted by molar-refractivity contribution is 4.86. The summed E-state index contributed by atoms with van der Waals surface area (Å²) in [4.78, 5) is 0. The van der Waals surface area contributed by atoms with E-state index in [0.29, 0.717) is 12.1 Å². The molecule has 2 unspecified atom stereocenters. The summed E-state index contributed by atoms with van der Waals surface area (Å²) in [5, 5.41) is 3.60. The van der Waals surface area contributed by atoms with Crippen LogP contribution in [0.2, 0.25) is 0 Å². The topological polar surface area (TPSA) is 21.3 Å². The first-order valence-electron chi connectivity index (χ1n) is 5.98. The van der Waals surface area contributed by atoms with Crippen LogP contribution in [0.15, 0.2) is 0 Å². The van der Waals surface area contributed by atoms with Crippen molar-refractivity contribution in [2.45, 2.75) is 64.2 Å². The first-order chi connectivity index (χ1) is 6.57. The van der Waals surface area contributed by atoms with E-state index in [9.17, 15) is 0 Å². The Morgan fingerprint density at radius 3 is 2.57 bits per heavy atom. The highest BCUT2D eigenvalue weighted by Gasteiger charge is 2.33. The molecular weight excluding hydrogens is 174 g/mol. The molecule has 0 amide bonds. The molecule has 0 aromatic rings. The van der Waals surface area contributed by atoms with Gasteiger partial charge in [0.05, 0.1) is 11.7 Å². The fourth-order valence-electron chi connectivity index (χ4n) is 2.30. The molecule has 1 N–H and O–H groups in total. The molecule has 0 spiro atoms. The molecule has 2 aliphatic rings. The number of rotatable bonds is 4. The molecule has 2 nitrogen and oxygen atoms in total. The van der Waals surface area contributed by atoms with Gasteiger partial charge in [-0.15, -0.1) is 0 Å². The molecule has 2 rings (SSSR count). The van der Waals surface area contributed by atoms with Crippen molar-refractivity contribution < 1.29 is 4.74 Å². The number of hydrogen-bond acceptors (Lipinski definition) is 2. The van der Waals surface area contributed by atoms with Crippen LogP contribution >= 0.6 is 0 Å². The average Bonchev–Trinajstić information content (AvgIpc) is 2.88. The molecule has 1 aliphatic heterocycles. The van der Waals surface area contributed by atoms with Gasteiger partial charge in [-0.1, -0.05) is 0 Å². The van der Waals surface area contributed by atoms with E-state index in [1.165, 1.54) is 25.7 Å². The second kappa shape index (κ2) is 3.82. The van der Waals surface area contributed by atoms with Crippen LogP contribution < -0.4 is 5.32 Å². The van der Waals surface area contributed by atoms with Gasteiger partial charge in [0.1, 0.15) is 0 Å². The second-order valence-electron chi connectivity index (χ2n) is 5.57. The molecule has 0 bridgehead atoms. The quantitative estimate of drug-likeness (QED) is 0.747. The maximum Gasteiger partial charge on any atom is 0.0707 e. The molecule has 0 aromatic carbocycles. The van der Waals surface area contributed by atoms with E-state index in [4.69, 9.17) is 4.74 Å². The largest absolute Gasteiger partial charge is 0.371 e. The van der Waals surface area contributed by atoms with Crippen molar-refractivity contribution in [2.24, 2.45) is 5.92 Å². The molecular formula is C12H23NO. The van der Waals surface area contributed by atoms with Gasteiger partial charge in [-0.3, -0.25) is 0 Å². The smallest absolute Gasteiger partial charge is 0.0707 e. The second-order valence-corrected chi connectivity index (χ2v) is 5.57. The summed E-state index contributed by atoms with van der Waals surface area (Å²) in [7, 11) is 0. The van der Waals surface area contributed by atoms with Crippen LogP contribution in [0, 0.1) is 5.92 Å². The monoisotopic (exact) mass is 197 g/mol. The summed E-state index contributed by atoms with van der Waals surface area (Å²) in [6.45, 7) is 7.73. The Hall–Kier alpha value is -0.0800. The third kappa shape index (κ3) is 2.71. The number of nitrogens with one attached hydrogen (secondary N) is 1. The van der Waals surface area contributed by atoms with Gasteiger partial charge in [0.15, 0.2) is 0 Å². The van der Waals surface area contributed by atoms with Crippen LogP contribution in [0.1, 0.15) is 46.5 Å². The fraction of sp³-hybridized carbons (Fsp3) is 1.00. The zero-order valence-corrected chi connectivity index (χ0v) is 9.68. The molecule has 1 aliphatic carbocycles. The van der Waals surface area contributed by atoms with Crippen molar-refractivity contribution in [3.05, 3.63) is 0 Å². The summed E-state index contributed by atoms with van der Waals surface area (Å²) in [5.74, 6) is 0.949. The predicted molar refractivity (Wildman–Crippen MR) is 58.4 cm³/mol. The minimum atomic E-state index is 0.120. The van der Waals surface area contributed by atoms with Crippen LogP contribution in [-0.4, -0.2) is 24.3 Å². The Labute approximate surface area is 87.4 Å². The van der Waals surface area contributed by atoms with Crippen LogP contribution in [0.25, 0.3) is 0 Å². The van der Waals surface area contributed by atoms with Gasteiger partial charge < -0.3 is 10.1 Å². The van der Waals surface area contributed by atoms with Gasteiger partial charge in [0, 0.05) is 12.6 Å². The van der Waals surface area contributed by atoms with Crippen molar-refractivity contribution in [3.8, 4) is 0 Å². The van der Waals surface area contributed by atoms with Gasteiger partial charge in [0.25, 0.3) is 0 Å². The molecule has 0 radical (unpaired) electrons. The zero-order chi connectivity index (χ0) is 10.2. The minimum absolute atomic E-state index is 0.120. The van der Waals surface area contributed by atoms with Crippen molar-refractivity contribution in [3.63, 3.8) is 0 Å². The highest BCUT2D eigenvalue weighted by Crippen LogP contribution is 2.33. The molecule has 2 fully saturated rings. The van der Waals surface area contributed by atoms with Crippen molar-refractivity contribution >= 4 is 0 Å². The Kier molecular flexibility index (Phi) is 2.85. The number of hydrogen-bond donors (Lipinski definition) is 1. The van der Waals surface area contributed by atoms with E-state index in [2.05, 4.69) is 26.1 Å². The lowest BCUT2D eigenvalue weighted by Gasteiger charge is -2.21. The van der Waals surface area contributed by atoms with Crippen LogP contribution in [0.3, 0.4) is 0 Å². The Morgan fingerprint density at radius 2 is 2.07 bits per heavy atom. The summed E-state index contributed by atoms with van der Waals surface area (Å²) in [6.07, 6.45) is 5.72. The summed E-state index contributed by atoms with van der Waals surface area (Å²) < 4.78 is 5.94. The van der Waals surface area contributed by atoms with E-state index in [-0.39, 0.29) is 5.60 Å². The molecule has 1 saturated carbocycles. The van der Waals surface area contributed by atoms with E-state index in [1.807, 2.05) is 0 Å². The maximum absolute atomic E-state index is 5.94. The van der Waals surface area contributed by atoms with Crippen LogP contribution in [0.4, 0.5) is 0 Å². The van der Waals surface area contributed by atoms with Crippen LogP contribution in [-0.2, 0) is 4.74 Å². The third-order valence-corrected chi connectivity index (χ3v) is 3.55. The molecule has 1 saturated heterocycles. The van der Waals surface area contributed by atoms with Crippen molar-refractivity contribution in [2.75, 3.05) is 6.54 Å². The first-order valence-corrected chi connectivity index (χ1v) is 5.98. The molecule has 1 heterocycles. The summed E-state index contributed by atoms with van der Waals surface area (Å²) >= 11 is 0. The number of ether oxygens (including phenoxy) is 1. The zero-order valence-electron chi connectivity index (χ0n) is 9.68. The van der Waals surface area contributed by atoms with Crippen LogP contribution in [0.5, 0.6) is 0 Å². The van der Waals surface area contributed by atoms with Crippen molar-refractivity contribution in [1.82, 2.24) is 5.32 Å². The van der Waals surface area contributed by atoms with Gasteiger partial charge in [-0.25, -0.2) is 0 Å². The van der Waals surface area contributed by atoms with Gasteiger partial charge >= 0.3 is 0 Å². The fourth-order valence-corrected chi connectivity index (χ4v) is 2.30. The molecule has 14 heavy (non-hydrogen) atoms. The lowest BCUT2D eigenvalue weighted by molar-refractivity contribution is -0.0151. The SMILES string of the molecule is CC(NCC1CCC(C)(C)O1)C1CC1. The Bertz CT molecular complexity index is 198. The van der Waals surface area contributed by atoms with E-state index in [1.54, 1.807) is 0 Å². The van der Waals surface area contributed by atoms with E-state index >= 15 is 0 Å².